The number of anilines is 2. The molecule has 1 aromatic carbocycles. The molecule has 1 aliphatic heterocycles. The van der Waals surface area contributed by atoms with E-state index in [1.807, 2.05) is 18.2 Å². The molecule has 0 amide bonds. The number of hydrogen-bond donors (Lipinski definition) is 1. The van der Waals surface area contributed by atoms with Crippen molar-refractivity contribution in [3.63, 3.8) is 0 Å². The number of aromatic nitrogens is 2. The summed E-state index contributed by atoms with van der Waals surface area (Å²) in [5.41, 5.74) is 1.000. The monoisotopic (exact) mass is 376 g/mol. The molecule has 1 unspecified atom stereocenters. The molecule has 6 nitrogen and oxygen atoms in total. The zero-order chi connectivity index (χ0) is 18.7. The standard InChI is InChI=1S/C19H28N4O2S/c1-19(2,3)17-21-18(26-22-17)23-8-6-7-13(12-23)20-14-9-15(24-4)11-16(10-14)25-5/h9-11,13,20H,6-8,12H2,1-5H3. The average molecular weight is 377 g/mol. The lowest BCUT2D eigenvalue weighted by molar-refractivity contribution is 0.394. The Balaban J connectivity index is 1.70. The highest BCUT2D eigenvalue weighted by Gasteiger charge is 2.25. The van der Waals surface area contributed by atoms with Crippen molar-refractivity contribution in [3.05, 3.63) is 24.0 Å². The van der Waals surface area contributed by atoms with Crippen molar-refractivity contribution in [2.24, 2.45) is 0 Å². The van der Waals surface area contributed by atoms with Crippen LogP contribution in [0.3, 0.4) is 0 Å². The molecule has 1 N–H and O–H groups in total. The maximum absolute atomic E-state index is 5.36. The quantitative estimate of drug-likeness (QED) is 0.853. The minimum absolute atomic E-state index is 0.0145. The summed E-state index contributed by atoms with van der Waals surface area (Å²) in [7, 11) is 3.34. The van der Waals surface area contributed by atoms with Gasteiger partial charge in [0.25, 0.3) is 0 Å². The van der Waals surface area contributed by atoms with Crippen LogP contribution < -0.4 is 19.7 Å². The van der Waals surface area contributed by atoms with Crippen LogP contribution in [0.2, 0.25) is 0 Å². The summed E-state index contributed by atoms with van der Waals surface area (Å²) in [6.07, 6.45) is 2.25. The molecule has 2 aromatic rings. The van der Waals surface area contributed by atoms with Crippen LogP contribution in [0.25, 0.3) is 0 Å². The largest absolute Gasteiger partial charge is 0.497 e. The molecular formula is C19H28N4O2S. The second-order valence-corrected chi connectivity index (χ2v) is 8.41. The van der Waals surface area contributed by atoms with E-state index in [-0.39, 0.29) is 5.41 Å². The van der Waals surface area contributed by atoms with Crippen molar-refractivity contribution in [3.8, 4) is 11.5 Å². The van der Waals surface area contributed by atoms with E-state index in [0.717, 1.165) is 54.1 Å². The highest BCUT2D eigenvalue weighted by molar-refractivity contribution is 7.09. The van der Waals surface area contributed by atoms with Gasteiger partial charge in [-0.1, -0.05) is 20.8 Å². The Hall–Kier alpha value is -2.02. The third kappa shape index (κ3) is 4.38. The molecule has 0 aliphatic carbocycles. The Morgan fingerprint density at radius 2 is 1.85 bits per heavy atom. The van der Waals surface area contributed by atoms with Crippen molar-refractivity contribution < 1.29 is 9.47 Å². The third-order valence-corrected chi connectivity index (χ3v) is 5.28. The molecule has 7 heteroatoms. The van der Waals surface area contributed by atoms with Gasteiger partial charge in [0.2, 0.25) is 5.13 Å². The molecule has 3 rings (SSSR count). The lowest BCUT2D eigenvalue weighted by atomic mass is 9.96. The SMILES string of the molecule is COc1cc(NC2CCCN(c3nc(C(C)(C)C)ns3)C2)cc(OC)c1. The van der Waals surface area contributed by atoms with Gasteiger partial charge in [-0.3, -0.25) is 0 Å². The highest BCUT2D eigenvalue weighted by Crippen LogP contribution is 2.30. The Kier molecular flexibility index (Phi) is 5.55. The summed E-state index contributed by atoms with van der Waals surface area (Å²) in [5.74, 6) is 2.50. The first kappa shape index (κ1) is 18.8. The van der Waals surface area contributed by atoms with Crippen molar-refractivity contribution in [2.75, 3.05) is 37.5 Å². The number of nitrogens with zero attached hydrogens (tertiary/aromatic N) is 3. The Labute approximate surface area is 159 Å². The van der Waals surface area contributed by atoms with Crippen molar-refractivity contribution in [2.45, 2.75) is 45.1 Å². The summed E-state index contributed by atoms with van der Waals surface area (Å²) in [4.78, 5) is 7.11. The fourth-order valence-corrected chi connectivity index (χ4v) is 3.94. The van der Waals surface area contributed by atoms with Crippen molar-refractivity contribution >= 4 is 22.4 Å². The predicted molar refractivity (Wildman–Crippen MR) is 107 cm³/mol. The van der Waals surface area contributed by atoms with E-state index in [1.54, 1.807) is 14.2 Å². The van der Waals surface area contributed by atoms with Crippen LogP contribution in [-0.4, -0.2) is 42.7 Å². The summed E-state index contributed by atoms with van der Waals surface area (Å²) >= 11 is 1.50. The van der Waals surface area contributed by atoms with Crippen LogP contribution in [0.4, 0.5) is 10.8 Å². The van der Waals surface area contributed by atoms with E-state index >= 15 is 0 Å². The molecule has 0 radical (unpaired) electrons. The van der Waals surface area contributed by atoms with Crippen LogP contribution in [0.5, 0.6) is 11.5 Å². The van der Waals surface area contributed by atoms with Gasteiger partial charge in [0, 0.05) is 60.0 Å². The zero-order valence-corrected chi connectivity index (χ0v) is 17.0. The minimum Gasteiger partial charge on any atom is -0.497 e. The number of benzene rings is 1. The van der Waals surface area contributed by atoms with E-state index < -0.39 is 0 Å². The molecule has 0 bridgehead atoms. The van der Waals surface area contributed by atoms with Gasteiger partial charge < -0.3 is 19.7 Å². The second kappa shape index (κ2) is 7.70. The number of rotatable bonds is 5. The lowest BCUT2D eigenvalue weighted by Gasteiger charge is -2.33. The molecule has 1 aromatic heterocycles. The Bertz CT molecular complexity index is 719. The van der Waals surface area contributed by atoms with Gasteiger partial charge in [-0.2, -0.15) is 4.37 Å². The normalized spacial score (nSPS) is 17.9. The number of methoxy groups -OCH3 is 2. The van der Waals surface area contributed by atoms with Gasteiger partial charge in [-0.15, -0.1) is 0 Å². The highest BCUT2D eigenvalue weighted by atomic mass is 32.1. The fraction of sp³-hybridized carbons (Fsp3) is 0.579. The first-order chi connectivity index (χ1) is 12.4. The molecule has 1 aliphatic rings. The zero-order valence-electron chi connectivity index (χ0n) is 16.2. The predicted octanol–water partition coefficient (Wildman–Crippen LogP) is 3.93. The van der Waals surface area contributed by atoms with Crippen LogP contribution in [0.1, 0.15) is 39.4 Å². The molecule has 1 saturated heterocycles. The first-order valence-corrected chi connectivity index (χ1v) is 9.75. The van der Waals surface area contributed by atoms with Crippen LogP contribution in [-0.2, 0) is 5.41 Å². The van der Waals surface area contributed by atoms with E-state index in [0.29, 0.717) is 6.04 Å². The van der Waals surface area contributed by atoms with Gasteiger partial charge in [0.15, 0.2) is 0 Å². The van der Waals surface area contributed by atoms with Crippen LogP contribution >= 0.6 is 11.5 Å². The molecular weight excluding hydrogens is 348 g/mol. The first-order valence-electron chi connectivity index (χ1n) is 8.98. The number of ether oxygens (including phenoxy) is 2. The fourth-order valence-electron chi connectivity index (χ4n) is 3.04. The summed E-state index contributed by atoms with van der Waals surface area (Å²) < 4.78 is 15.3. The lowest BCUT2D eigenvalue weighted by Crippen LogP contribution is -2.42. The van der Waals surface area contributed by atoms with E-state index in [4.69, 9.17) is 14.5 Å². The van der Waals surface area contributed by atoms with Gasteiger partial charge in [0.05, 0.1) is 14.2 Å². The molecule has 0 saturated carbocycles. The number of nitrogens with one attached hydrogen (secondary N) is 1. The van der Waals surface area contributed by atoms with E-state index in [1.165, 1.54) is 11.5 Å². The topological polar surface area (TPSA) is 59.5 Å². The molecule has 142 valence electrons. The maximum Gasteiger partial charge on any atom is 0.205 e. The molecule has 26 heavy (non-hydrogen) atoms. The number of piperidine rings is 1. The van der Waals surface area contributed by atoms with Gasteiger partial charge >= 0.3 is 0 Å². The van der Waals surface area contributed by atoms with Gasteiger partial charge in [-0.05, 0) is 12.8 Å². The molecule has 1 fully saturated rings. The smallest absolute Gasteiger partial charge is 0.205 e. The summed E-state index contributed by atoms with van der Waals surface area (Å²) in [6.45, 7) is 8.39. The molecule has 1 atom stereocenters. The Morgan fingerprint density at radius 1 is 1.15 bits per heavy atom. The third-order valence-electron chi connectivity index (χ3n) is 4.50. The van der Waals surface area contributed by atoms with Crippen molar-refractivity contribution in [1.29, 1.82) is 0 Å². The second-order valence-electron chi connectivity index (χ2n) is 7.68. The van der Waals surface area contributed by atoms with E-state index in [9.17, 15) is 0 Å². The van der Waals surface area contributed by atoms with Gasteiger partial charge in [0.1, 0.15) is 17.3 Å². The molecule has 0 spiro atoms. The van der Waals surface area contributed by atoms with Crippen LogP contribution in [0.15, 0.2) is 18.2 Å². The molecule has 2 heterocycles. The average Bonchev–Trinajstić information content (AvgIpc) is 3.12. The minimum atomic E-state index is -0.0145. The Morgan fingerprint density at radius 3 is 2.42 bits per heavy atom. The summed E-state index contributed by atoms with van der Waals surface area (Å²) in [6, 6.07) is 6.24. The van der Waals surface area contributed by atoms with Crippen molar-refractivity contribution in [1.82, 2.24) is 9.36 Å². The summed E-state index contributed by atoms with van der Waals surface area (Å²) in [5, 5.41) is 4.64. The van der Waals surface area contributed by atoms with Crippen LogP contribution in [0, 0.1) is 0 Å². The maximum atomic E-state index is 5.36. The van der Waals surface area contributed by atoms with E-state index in [2.05, 4.69) is 35.4 Å². The van der Waals surface area contributed by atoms with Gasteiger partial charge in [-0.25, -0.2) is 4.98 Å². The number of hydrogen-bond acceptors (Lipinski definition) is 7.